The van der Waals surface area contributed by atoms with Crippen molar-refractivity contribution in [2.75, 3.05) is 20.8 Å². The lowest BCUT2D eigenvalue weighted by molar-refractivity contribution is -0.389. The quantitative estimate of drug-likeness (QED) is 0.412. The maximum atomic E-state index is 12.2. The predicted octanol–water partition coefficient (Wildman–Crippen LogP) is 1.21. The highest BCUT2D eigenvalue weighted by Gasteiger charge is 2.17. The van der Waals surface area contributed by atoms with Gasteiger partial charge in [-0.3, -0.25) is 4.79 Å². The Hall–Kier alpha value is -3.96. The van der Waals surface area contributed by atoms with Gasteiger partial charge in [0.25, 0.3) is 0 Å². The number of nitrogens with one attached hydrogen (secondary N) is 1. The molecular weight excluding hydrogens is 384 g/mol. The van der Waals surface area contributed by atoms with Crippen molar-refractivity contribution in [3.05, 3.63) is 57.9 Å². The van der Waals surface area contributed by atoms with Crippen LogP contribution in [0, 0.1) is 10.1 Å². The van der Waals surface area contributed by atoms with E-state index in [2.05, 4.69) is 20.6 Å². The van der Waals surface area contributed by atoms with Gasteiger partial charge < -0.3 is 29.4 Å². The van der Waals surface area contributed by atoms with Gasteiger partial charge in [0, 0.05) is 6.54 Å². The lowest BCUT2D eigenvalue weighted by atomic mass is 10.1. The Bertz CT molecular complexity index is 1010. The summed E-state index contributed by atoms with van der Waals surface area (Å²) >= 11 is 0. The van der Waals surface area contributed by atoms with E-state index in [9.17, 15) is 14.9 Å². The molecule has 3 rings (SSSR count). The molecule has 12 heteroatoms. The van der Waals surface area contributed by atoms with E-state index in [1.165, 1.54) is 16.9 Å². The van der Waals surface area contributed by atoms with E-state index in [0.717, 1.165) is 5.56 Å². The summed E-state index contributed by atoms with van der Waals surface area (Å²) < 4.78 is 16.7. The fraction of sp³-hybridized carbons (Fsp3) is 0.294. The van der Waals surface area contributed by atoms with Crippen LogP contribution in [0.25, 0.3) is 0 Å². The summed E-state index contributed by atoms with van der Waals surface area (Å²) in [5, 5.41) is 20.8. The Labute approximate surface area is 164 Å². The van der Waals surface area contributed by atoms with Crippen LogP contribution in [0.15, 0.2) is 35.0 Å². The van der Waals surface area contributed by atoms with Gasteiger partial charge in [0.15, 0.2) is 17.3 Å². The van der Waals surface area contributed by atoms with Gasteiger partial charge in [0.05, 0.1) is 31.6 Å². The van der Waals surface area contributed by atoms with E-state index >= 15 is 0 Å². The van der Waals surface area contributed by atoms with Crippen molar-refractivity contribution in [3.63, 3.8) is 0 Å². The van der Waals surface area contributed by atoms with Gasteiger partial charge in [0.1, 0.15) is 6.54 Å². The minimum Gasteiger partial charge on any atom is -0.493 e. The molecule has 0 radical (unpaired) electrons. The summed E-state index contributed by atoms with van der Waals surface area (Å²) in [6.45, 7) is 0.383. The monoisotopic (exact) mass is 402 g/mol. The number of carbonyl (C=O) groups excluding carboxylic acids is 1. The molecule has 0 saturated carbocycles. The average Bonchev–Trinajstić information content (AvgIpc) is 3.38. The average molecular weight is 402 g/mol. The van der Waals surface area contributed by atoms with Gasteiger partial charge >= 0.3 is 17.6 Å². The molecule has 0 saturated heterocycles. The maximum Gasteiger partial charge on any atom is 0.389 e. The Morgan fingerprint density at radius 1 is 1.28 bits per heavy atom. The molecular formula is C17H18N6O6. The van der Waals surface area contributed by atoms with Crippen LogP contribution in [-0.2, 0) is 13.0 Å². The van der Waals surface area contributed by atoms with Gasteiger partial charge in [-0.1, -0.05) is 11.2 Å². The number of rotatable bonds is 9. The first-order chi connectivity index (χ1) is 14.0. The van der Waals surface area contributed by atoms with E-state index in [1.54, 1.807) is 20.3 Å². The smallest absolute Gasteiger partial charge is 0.389 e. The summed E-state index contributed by atoms with van der Waals surface area (Å²) in [6, 6.07) is 6.75. The van der Waals surface area contributed by atoms with E-state index in [0.29, 0.717) is 24.5 Å². The van der Waals surface area contributed by atoms with Gasteiger partial charge in [0.2, 0.25) is 0 Å². The number of hydrogen-bond acceptors (Lipinski definition) is 9. The maximum absolute atomic E-state index is 12.2. The molecule has 29 heavy (non-hydrogen) atoms. The minimum atomic E-state index is -0.607. The fourth-order valence-corrected chi connectivity index (χ4v) is 2.52. The Morgan fingerprint density at radius 2 is 2.07 bits per heavy atom. The summed E-state index contributed by atoms with van der Waals surface area (Å²) in [4.78, 5) is 26.2. The number of hydrogen-bond donors (Lipinski definition) is 1. The van der Waals surface area contributed by atoms with Gasteiger partial charge in [-0.05, 0) is 29.0 Å². The number of benzene rings is 1. The lowest BCUT2D eigenvalue weighted by Gasteiger charge is -2.09. The zero-order valence-electron chi connectivity index (χ0n) is 15.7. The van der Waals surface area contributed by atoms with Crippen LogP contribution in [0.2, 0.25) is 0 Å². The first-order valence-corrected chi connectivity index (χ1v) is 8.49. The molecule has 0 aliphatic carbocycles. The van der Waals surface area contributed by atoms with Crippen LogP contribution in [0.3, 0.4) is 0 Å². The summed E-state index contributed by atoms with van der Waals surface area (Å²) in [6.07, 6.45) is 1.97. The number of aromatic nitrogens is 4. The molecule has 1 N–H and O–H groups in total. The Balaban J connectivity index is 1.53. The molecule has 0 bridgehead atoms. The van der Waals surface area contributed by atoms with Crippen molar-refractivity contribution in [1.82, 2.24) is 25.2 Å². The molecule has 1 aromatic carbocycles. The van der Waals surface area contributed by atoms with Crippen LogP contribution in [0.1, 0.15) is 22.1 Å². The highest BCUT2D eigenvalue weighted by Crippen LogP contribution is 2.27. The number of carbonyl (C=O) groups is 1. The summed E-state index contributed by atoms with van der Waals surface area (Å²) in [7, 11) is 3.11. The van der Waals surface area contributed by atoms with Crippen molar-refractivity contribution in [1.29, 1.82) is 0 Å². The second kappa shape index (κ2) is 8.82. The molecule has 0 fully saturated rings. The molecule has 1 amide bonds. The largest absolute Gasteiger partial charge is 0.493 e. The number of amides is 1. The Morgan fingerprint density at radius 3 is 2.76 bits per heavy atom. The fourth-order valence-electron chi connectivity index (χ4n) is 2.52. The summed E-state index contributed by atoms with van der Waals surface area (Å²) in [5.41, 5.74) is 0.953. The third-order valence-electron chi connectivity index (χ3n) is 3.93. The molecule has 152 valence electrons. The molecule has 0 aliphatic heterocycles. The van der Waals surface area contributed by atoms with Crippen molar-refractivity contribution in [2.45, 2.75) is 13.0 Å². The first-order valence-electron chi connectivity index (χ1n) is 8.49. The zero-order valence-corrected chi connectivity index (χ0v) is 15.7. The molecule has 2 heterocycles. The first kappa shape index (κ1) is 19.8. The van der Waals surface area contributed by atoms with Crippen LogP contribution in [0.4, 0.5) is 5.82 Å². The molecule has 0 spiro atoms. The van der Waals surface area contributed by atoms with Gasteiger partial charge in [-0.15, -0.1) is 0 Å². The minimum absolute atomic E-state index is 0.0380. The zero-order chi connectivity index (χ0) is 20.8. The SMILES string of the molecule is COc1ccc(CCNC(=O)c2nc(Cn3ccc([N+](=O)[O-])n3)no2)cc1OC. The van der Waals surface area contributed by atoms with Crippen molar-refractivity contribution >= 4 is 11.7 Å². The molecule has 0 unspecified atom stereocenters. The molecule has 12 nitrogen and oxygen atoms in total. The van der Waals surface area contributed by atoms with E-state index in [1.807, 2.05) is 12.1 Å². The normalized spacial score (nSPS) is 10.6. The van der Waals surface area contributed by atoms with E-state index < -0.39 is 10.8 Å². The van der Waals surface area contributed by atoms with Crippen LogP contribution in [0.5, 0.6) is 11.5 Å². The van der Waals surface area contributed by atoms with E-state index in [-0.39, 0.29) is 24.1 Å². The third-order valence-corrected chi connectivity index (χ3v) is 3.93. The van der Waals surface area contributed by atoms with Gasteiger partial charge in [-0.25, -0.2) is 0 Å². The van der Waals surface area contributed by atoms with Crippen molar-refractivity contribution in [3.8, 4) is 11.5 Å². The van der Waals surface area contributed by atoms with E-state index in [4.69, 9.17) is 14.0 Å². The molecule has 3 aromatic rings. The van der Waals surface area contributed by atoms with Gasteiger partial charge in [-0.2, -0.15) is 9.67 Å². The van der Waals surface area contributed by atoms with Crippen LogP contribution >= 0.6 is 0 Å². The molecule has 0 aliphatic rings. The molecule has 2 aromatic heterocycles. The highest BCUT2D eigenvalue weighted by molar-refractivity contribution is 5.89. The highest BCUT2D eigenvalue weighted by atomic mass is 16.6. The second-order valence-electron chi connectivity index (χ2n) is 5.84. The number of methoxy groups -OCH3 is 2. The number of nitrogens with zero attached hydrogens (tertiary/aromatic N) is 5. The predicted molar refractivity (Wildman–Crippen MR) is 97.9 cm³/mol. The van der Waals surface area contributed by atoms with Crippen LogP contribution < -0.4 is 14.8 Å². The van der Waals surface area contributed by atoms with Crippen molar-refractivity contribution < 1.29 is 23.7 Å². The lowest BCUT2D eigenvalue weighted by Crippen LogP contribution is -2.26. The molecule has 0 atom stereocenters. The topological polar surface area (TPSA) is 147 Å². The van der Waals surface area contributed by atoms with Crippen LogP contribution in [-0.4, -0.2) is 51.5 Å². The standard InChI is InChI=1S/C17H18N6O6/c1-27-12-4-3-11(9-13(12)28-2)5-7-18-16(24)17-19-14(21-29-17)10-22-8-6-15(20-22)23(25)26/h3-4,6,8-9H,5,7,10H2,1-2H3,(H,18,24). The third kappa shape index (κ3) is 4.86. The summed E-state index contributed by atoms with van der Waals surface area (Å²) in [5.74, 6) is 0.400. The van der Waals surface area contributed by atoms with Crippen molar-refractivity contribution in [2.24, 2.45) is 0 Å². The number of ether oxygens (including phenoxy) is 2. The second-order valence-corrected chi connectivity index (χ2v) is 5.84. The Kier molecular flexibility index (Phi) is 6.02. The number of nitro groups is 1.